The first-order valence-electron chi connectivity index (χ1n) is 7.96. The molecule has 0 amide bonds. The molecule has 0 aromatic heterocycles. The van der Waals surface area contributed by atoms with Crippen molar-refractivity contribution in [2.24, 2.45) is 5.92 Å². The van der Waals surface area contributed by atoms with Gasteiger partial charge >= 0.3 is 0 Å². The highest BCUT2D eigenvalue weighted by Crippen LogP contribution is 2.28. The van der Waals surface area contributed by atoms with E-state index in [1.165, 1.54) is 29.3 Å². The van der Waals surface area contributed by atoms with Crippen molar-refractivity contribution in [3.05, 3.63) is 29.6 Å². The van der Waals surface area contributed by atoms with Gasteiger partial charge in [-0.05, 0) is 62.8 Å². The average molecular weight is 326 g/mol. The lowest BCUT2D eigenvalue weighted by Crippen LogP contribution is -2.45. The fourth-order valence-electron chi connectivity index (χ4n) is 2.95. The zero-order valence-corrected chi connectivity index (χ0v) is 13.7. The highest BCUT2D eigenvalue weighted by atomic mass is 32.2. The molecule has 1 N–H and O–H groups in total. The maximum atomic E-state index is 13.4. The SMILES string of the molecule is Cc1ccc(F)cc1S(=O)(=O)N1CCC(NCC2CC2)CC1. The van der Waals surface area contributed by atoms with Crippen LogP contribution in [-0.2, 0) is 10.0 Å². The van der Waals surface area contributed by atoms with Gasteiger partial charge < -0.3 is 5.32 Å². The third kappa shape index (κ3) is 3.50. The summed E-state index contributed by atoms with van der Waals surface area (Å²) in [5.74, 6) is 0.321. The van der Waals surface area contributed by atoms with E-state index in [2.05, 4.69) is 5.32 Å². The molecule has 1 heterocycles. The van der Waals surface area contributed by atoms with Gasteiger partial charge in [0, 0.05) is 19.1 Å². The standard InChI is InChI=1S/C16H23FN2O2S/c1-12-2-5-14(17)10-16(12)22(20,21)19-8-6-15(7-9-19)18-11-13-3-4-13/h2,5,10,13,15,18H,3-4,6-9,11H2,1H3. The minimum Gasteiger partial charge on any atom is -0.314 e. The van der Waals surface area contributed by atoms with E-state index in [9.17, 15) is 12.8 Å². The molecule has 0 unspecified atom stereocenters. The molecule has 1 saturated carbocycles. The molecule has 1 aromatic rings. The van der Waals surface area contributed by atoms with Crippen molar-refractivity contribution in [3.63, 3.8) is 0 Å². The van der Waals surface area contributed by atoms with E-state index in [-0.39, 0.29) is 4.90 Å². The number of aryl methyl sites for hydroxylation is 1. The Morgan fingerprint density at radius 3 is 2.55 bits per heavy atom. The number of hydrogen-bond donors (Lipinski definition) is 1. The Balaban J connectivity index is 1.64. The van der Waals surface area contributed by atoms with Gasteiger partial charge in [-0.2, -0.15) is 4.31 Å². The van der Waals surface area contributed by atoms with Gasteiger partial charge in [0.05, 0.1) is 4.90 Å². The van der Waals surface area contributed by atoms with Crippen molar-refractivity contribution in [2.75, 3.05) is 19.6 Å². The van der Waals surface area contributed by atoms with Gasteiger partial charge in [-0.25, -0.2) is 12.8 Å². The molecule has 0 radical (unpaired) electrons. The molecule has 1 aliphatic carbocycles. The Labute approximate surface area is 131 Å². The maximum absolute atomic E-state index is 13.4. The van der Waals surface area contributed by atoms with E-state index in [0.29, 0.717) is 24.7 Å². The molecule has 6 heteroatoms. The van der Waals surface area contributed by atoms with Crippen LogP contribution in [0.1, 0.15) is 31.2 Å². The number of halogens is 1. The molecule has 0 spiro atoms. The molecule has 0 atom stereocenters. The van der Waals surface area contributed by atoms with Crippen molar-refractivity contribution in [2.45, 2.75) is 43.5 Å². The number of sulfonamides is 1. The second-order valence-corrected chi connectivity index (χ2v) is 8.35. The van der Waals surface area contributed by atoms with Crippen LogP contribution in [0.15, 0.2) is 23.1 Å². The first-order chi connectivity index (χ1) is 10.5. The smallest absolute Gasteiger partial charge is 0.243 e. The Kier molecular flexibility index (Phi) is 4.52. The minimum absolute atomic E-state index is 0.0943. The molecule has 2 fully saturated rings. The number of nitrogens with one attached hydrogen (secondary N) is 1. The second kappa shape index (κ2) is 6.26. The summed E-state index contributed by atoms with van der Waals surface area (Å²) in [6.45, 7) is 3.76. The Morgan fingerprint density at radius 2 is 1.91 bits per heavy atom. The summed E-state index contributed by atoms with van der Waals surface area (Å²) >= 11 is 0. The predicted octanol–water partition coefficient (Wildman–Crippen LogP) is 2.29. The third-order valence-electron chi connectivity index (χ3n) is 4.61. The fraction of sp³-hybridized carbons (Fsp3) is 0.625. The largest absolute Gasteiger partial charge is 0.314 e. The Hall–Kier alpha value is -0.980. The monoisotopic (exact) mass is 326 g/mol. The average Bonchev–Trinajstić information content (AvgIpc) is 3.32. The van der Waals surface area contributed by atoms with E-state index in [1.54, 1.807) is 6.92 Å². The van der Waals surface area contributed by atoms with Crippen molar-refractivity contribution in [1.82, 2.24) is 9.62 Å². The highest BCUT2D eigenvalue weighted by Gasteiger charge is 2.31. The van der Waals surface area contributed by atoms with E-state index in [1.807, 2.05) is 0 Å². The van der Waals surface area contributed by atoms with Gasteiger partial charge in [0.2, 0.25) is 10.0 Å². The summed E-state index contributed by atoms with van der Waals surface area (Å²) in [7, 11) is -3.59. The Morgan fingerprint density at radius 1 is 1.23 bits per heavy atom. The van der Waals surface area contributed by atoms with Crippen LogP contribution in [0.3, 0.4) is 0 Å². The second-order valence-electron chi connectivity index (χ2n) is 6.44. The first kappa shape index (κ1) is 15.9. The number of piperidine rings is 1. The summed E-state index contributed by atoms with van der Waals surface area (Å²) < 4.78 is 40.2. The van der Waals surface area contributed by atoms with Gasteiger partial charge in [-0.3, -0.25) is 0 Å². The van der Waals surface area contributed by atoms with E-state index >= 15 is 0 Å². The van der Waals surface area contributed by atoms with Crippen LogP contribution in [0.25, 0.3) is 0 Å². The lowest BCUT2D eigenvalue weighted by molar-refractivity contribution is 0.288. The predicted molar refractivity (Wildman–Crippen MR) is 83.6 cm³/mol. The summed E-state index contributed by atoms with van der Waals surface area (Å²) in [5.41, 5.74) is 0.593. The van der Waals surface area contributed by atoms with Gasteiger partial charge in [-0.1, -0.05) is 6.07 Å². The van der Waals surface area contributed by atoms with Crippen LogP contribution in [-0.4, -0.2) is 38.4 Å². The van der Waals surface area contributed by atoms with Crippen molar-refractivity contribution in [3.8, 4) is 0 Å². The number of nitrogens with zero attached hydrogens (tertiary/aromatic N) is 1. The summed E-state index contributed by atoms with van der Waals surface area (Å²) in [6.07, 6.45) is 4.28. The van der Waals surface area contributed by atoms with Crippen molar-refractivity contribution >= 4 is 10.0 Å². The number of rotatable bonds is 5. The van der Waals surface area contributed by atoms with Crippen LogP contribution in [0, 0.1) is 18.7 Å². The molecule has 1 aliphatic heterocycles. The van der Waals surface area contributed by atoms with Crippen LogP contribution in [0.2, 0.25) is 0 Å². The molecule has 1 aromatic carbocycles. The lowest BCUT2D eigenvalue weighted by atomic mass is 10.1. The van der Waals surface area contributed by atoms with Gasteiger partial charge in [0.15, 0.2) is 0 Å². The molecule has 122 valence electrons. The maximum Gasteiger partial charge on any atom is 0.243 e. The molecule has 2 aliphatic rings. The van der Waals surface area contributed by atoms with Crippen molar-refractivity contribution < 1.29 is 12.8 Å². The van der Waals surface area contributed by atoms with E-state index < -0.39 is 15.8 Å². The van der Waals surface area contributed by atoms with Gasteiger partial charge in [-0.15, -0.1) is 0 Å². The lowest BCUT2D eigenvalue weighted by Gasteiger charge is -2.32. The fourth-order valence-corrected chi connectivity index (χ4v) is 4.65. The zero-order valence-electron chi connectivity index (χ0n) is 12.9. The highest BCUT2D eigenvalue weighted by molar-refractivity contribution is 7.89. The van der Waals surface area contributed by atoms with E-state index in [0.717, 1.165) is 31.4 Å². The molecule has 1 saturated heterocycles. The molecular formula is C16H23FN2O2S. The third-order valence-corrected chi connectivity index (χ3v) is 6.65. The number of benzene rings is 1. The molecule has 3 rings (SSSR count). The topological polar surface area (TPSA) is 49.4 Å². The van der Waals surface area contributed by atoms with Crippen LogP contribution < -0.4 is 5.32 Å². The normalized spacial score (nSPS) is 21.2. The first-order valence-corrected chi connectivity index (χ1v) is 9.40. The Bertz CT molecular complexity index is 636. The molecule has 22 heavy (non-hydrogen) atoms. The summed E-state index contributed by atoms with van der Waals surface area (Å²) in [5, 5.41) is 3.53. The van der Waals surface area contributed by atoms with Crippen molar-refractivity contribution in [1.29, 1.82) is 0 Å². The summed E-state index contributed by atoms with van der Waals surface area (Å²) in [6, 6.07) is 4.34. The molecular weight excluding hydrogens is 303 g/mol. The minimum atomic E-state index is -3.59. The summed E-state index contributed by atoms with van der Waals surface area (Å²) in [4.78, 5) is 0.0943. The van der Waals surface area contributed by atoms with Crippen LogP contribution in [0.4, 0.5) is 4.39 Å². The van der Waals surface area contributed by atoms with E-state index in [4.69, 9.17) is 0 Å². The van der Waals surface area contributed by atoms with Gasteiger partial charge in [0.25, 0.3) is 0 Å². The van der Waals surface area contributed by atoms with Gasteiger partial charge in [0.1, 0.15) is 5.82 Å². The van der Waals surface area contributed by atoms with Crippen LogP contribution in [0.5, 0.6) is 0 Å². The molecule has 0 bridgehead atoms. The quantitative estimate of drug-likeness (QED) is 0.903. The number of hydrogen-bond acceptors (Lipinski definition) is 3. The zero-order chi connectivity index (χ0) is 15.7. The molecule has 4 nitrogen and oxygen atoms in total. The van der Waals surface area contributed by atoms with Crippen LogP contribution >= 0.6 is 0 Å².